The summed E-state index contributed by atoms with van der Waals surface area (Å²) < 4.78 is 0. The minimum atomic E-state index is 0.370. The van der Waals surface area contributed by atoms with Crippen LogP contribution in [0.3, 0.4) is 0 Å². The van der Waals surface area contributed by atoms with Gasteiger partial charge in [-0.05, 0) is 32.0 Å². The zero-order chi connectivity index (χ0) is 13.9. The van der Waals surface area contributed by atoms with Gasteiger partial charge in [0.1, 0.15) is 6.07 Å². The molecule has 0 aliphatic carbocycles. The smallest absolute Gasteiger partial charge is 0.186 e. The van der Waals surface area contributed by atoms with Crippen molar-refractivity contribution in [1.29, 1.82) is 5.26 Å². The van der Waals surface area contributed by atoms with Gasteiger partial charge in [-0.3, -0.25) is 0 Å². The Morgan fingerprint density at radius 2 is 2.25 bits per heavy atom. The van der Waals surface area contributed by atoms with Gasteiger partial charge in [0, 0.05) is 18.5 Å². The summed E-state index contributed by atoms with van der Waals surface area (Å²) in [6.07, 6.45) is 1.20. The quantitative estimate of drug-likeness (QED) is 0.919. The predicted molar refractivity (Wildman–Crippen MR) is 78.3 cm³/mol. The number of hydrogen-bond donors (Lipinski definition) is 1. The Kier molecular flexibility index (Phi) is 3.48. The molecule has 3 rings (SSSR count). The first-order valence-corrected chi connectivity index (χ1v) is 6.86. The summed E-state index contributed by atoms with van der Waals surface area (Å²) in [4.78, 5) is 2.33. The fraction of sp³-hybridized carbons (Fsp3) is 0.400. The first kappa shape index (κ1) is 12.8. The first-order chi connectivity index (χ1) is 9.78. The summed E-state index contributed by atoms with van der Waals surface area (Å²) in [6.45, 7) is 3.12. The Bertz CT molecular complexity index is 661. The number of nitriles is 1. The van der Waals surface area contributed by atoms with Crippen LogP contribution in [0.5, 0.6) is 0 Å². The third-order valence-corrected chi connectivity index (χ3v) is 3.83. The number of anilines is 1. The molecule has 1 N–H and O–H groups in total. The van der Waals surface area contributed by atoms with Crippen molar-refractivity contribution in [2.45, 2.75) is 6.42 Å². The second kappa shape index (κ2) is 5.43. The van der Waals surface area contributed by atoms with Crippen LogP contribution in [0.1, 0.15) is 12.1 Å². The zero-order valence-electron chi connectivity index (χ0n) is 11.5. The lowest BCUT2D eigenvalue weighted by atomic mass is 10.1. The zero-order valence-corrected chi connectivity index (χ0v) is 11.5. The molecule has 2 heterocycles. The largest absolute Gasteiger partial charge is 0.382 e. The Morgan fingerprint density at radius 1 is 1.40 bits per heavy atom. The molecule has 1 unspecified atom stereocenters. The molecular formula is C15H17N5. The van der Waals surface area contributed by atoms with Crippen LogP contribution in [0.25, 0.3) is 10.9 Å². The summed E-state index contributed by atoms with van der Waals surface area (Å²) in [7, 11) is 2.14. The Labute approximate surface area is 118 Å². The SMILES string of the molecule is CN1CCC(CNc2c(C#N)nnc3ccccc23)C1. The summed E-state index contributed by atoms with van der Waals surface area (Å²) in [5.41, 5.74) is 2.00. The number of nitrogens with one attached hydrogen (secondary N) is 1. The van der Waals surface area contributed by atoms with E-state index in [1.165, 1.54) is 6.42 Å². The van der Waals surface area contributed by atoms with E-state index in [9.17, 15) is 5.26 Å². The van der Waals surface area contributed by atoms with Gasteiger partial charge in [0.05, 0.1) is 11.2 Å². The van der Waals surface area contributed by atoms with Crippen molar-refractivity contribution in [1.82, 2.24) is 15.1 Å². The lowest BCUT2D eigenvalue weighted by molar-refractivity contribution is 0.399. The number of rotatable bonds is 3. The van der Waals surface area contributed by atoms with Gasteiger partial charge >= 0.3 is 0 Å². The molecule has 20 heavy (non-hydrogen) atoms. The van der Waals surface area contributed by atoms with Gasteiger partial charge in [-0.25, -0.2) is 0 Å². The highest BCUT2D eigenvalue weighted by atomic mass is 15.1. The lowest BCUT2D eigenvalue weighted by Gasteiger charge is -2.14. The van der Waals surface area contributed by atoms with Crippen LogP contribution >= 0.6 is 0 Å². The highest BCUT2D eigenvalue weighted by molar-refractivity contribution is 5.92. The van der Waals surface area contributed by atoms with Crippen LogP contribution in [0, 0.1) is 17.2 Å². The summed E-state index contributed by atoms with van der Waals surface area (Å²) in [5, 5.41) is 21.7. The van der Waals surface area contributed by atoms with Crippen molar-refractivity contribution in [3.8, 4) is 6.07 Å². The molecule has 1 saturated heterocycles. The van der Waals surface area contributed by atoms with Crippen LogP contribution in [0.15, 0.2) is 24.3 Å². The Balaban J connectivity index is 1.87. The number of hydrogen-bond acceptors (Lipinski definition) is 5. The maximum atomic E-state index is 9.21. The second-order valence-electron chi connectivity index (χ2n) is 5.35. The molecule has 5 heteroatoms. The van der Waals surface area contributed by atoms with Gasteiger partial charge in [0.2, 0.25) is 0 Å². The van der Waals surface area contributed by atoms with E-state index >= 15 is 0 Å². The van der Waals surface area contributed by atoms with Crippen molar-refractivity contribution < 1.29 is 0 Å². The van der Waals surface area contributed by atoms with E-state index in [4.69, 9.17) is 0 Å². The van der Waals surface area contributed by atoms with Gasteiger partial charge < -0.3 is 10.2 Å². The molecule has 0 saturated carbocycles. The summed E-state index contributed by atoms with van der Waals surface area (Å²) >= 11 is 0. The monoisotopic (exact) mass is 267 g/mol. The summed E-state index contributed by atoms with van der Waals surface area (Å²) in [5.74, 6) is 0.624. The molecule has 102 valence electrons. The van der Waals surface area contributed by atoms with Gasteiger partial charge in [0.25, 0.3) is 0 Å². The van der Waals surface area contributed by atoms with Gasteiger partial charge in [-0.2, -0.15) is 5.26 Å². The van der Waals surface area contributed by atoms with E-state index in [-0.39, 0.29) is 0 Å². The highest BCUT2D eigenvalue weighted by Crippen LogP contribution is 2.25. The Hall–Kier alpha value is -2.19. The van der Waals surface area contributed by atoms with E-state index in [0.29, 0.717) is 11.6 Å². The van der Waals surface area contributed by atoms with Crippen LogP contribution < -0.4 is 5.32 Å². The van der Waals surface area contributed by atoms with Gasteiger partial charge in [-0.1, -0.05) is 18.2 Å². The number of nitrogens with zero attached hydrogens (tertiary/aromatic N) is 4. The molecule has 0 radical (unpaired) electrons. The second-order valence-corrected chi connectivity index (χ2v) is 5.35. The van der Waals surface area contributed by atoms with Crippen molar-refractivity contribution in [2.75, 3.05) is 32.0 Å². The molecule has 2 aromatic rings. The third-order valence-electron chi connectivity index (χ3n) is 3.83. The predicted octanol–water partition coefficient (Wildman–Crippen LogP) is 1.87. The molecule has 1 aliphatic heterocycles. The van der Waals surface area contributed by atoms with Crippen molar-refractivity contribution in [3.05, 3.63) is 30.0 Å². The molecule has 1 aromatic heterocycles. The van der Waals surface area contributed by atoms with E-state index in [2.05, 4.69) is 33.5 Å². The average molecular weight is 267 g/mol. The molecule has 1 aliphatic rings. The summed E-state index contributed by atoms with van der Waals surface area (Å²) in [6, 6.07) is 9.91. The topological polar surface area (TPSA) is 64.8 Å². The number of benzene rings is 1. The van der Waals surface area contributed by atoms with Gasteiger partial charge in [0.15, 0.2) is 5.69 Å². The molecule has 0 bridgehead atoms. The molecule has 1 fully saturated rings. The van der Waals surface area contributed by atoms with Gasteiger partial charge in [-0.15, -0.1) is 10.2 Å². The highest BCUT2D eigenvalue weighted by Gasteiger charge is 2.20. The van der Waals surface area contributed by atoms with Crippen LogP contribution in [-0.4, -0.2) is 41.8 Å². The minimum absolute atomic E-state index is 0.370. The van der Waals surface area contributed by atoms with Crippen LogP contribution in [-0.2, 0) is 0 Å². The fourth-order valence-corrected chi connectivity index (χ4v) is 2.75. The van der Waals surface area contributed by atoms with Crippen molar-refractivity contribution in [2.24, 2.45) is 5.92 Å². The van der Waals surface area contributed by atoms with E-state index in [1.807, 2.05) is 24.3 Å². The van der Waals surface area contributed by atoms with Crippen molar-refractivity contribution >= 4 is 16.6 Å². The van der Waals surface area contributed by atoms with E-state index in [0.717, 1.165) is 36.2 Å². The number of fused-ring (bicyclic) bond motifs is 1. The molecule has 5 nitrogen and oxygen atoms in total. The lowest BCUT2D eigenvalue weighted by Crippen LogP contribution is -2.19. The maximum absolute atomic E-state index is 9.21. The standard InChI is InChI=1S/C15H17N5/c1-20-7-6-11(10-20)9-17-15-12-4-2-3-5-13(12)18-19-14(15)8-16/h2-5,11H,6-7,9-10H2,1H3,(H,17,18). The average Bonchev–Trinajstić information content (AvgIpc) is 2.90. The minimum Gasteiger partial charge on any atom is -0.382 e. The molecular weight excluding hydrogens is 250 g/mol. The molecule has 0 spiro atoms. The fourth-order valence-electron chi connectivity index (χ4n) is 2.75. The van der Waals surface area contributed by atoms with Crippen LogP contribution in [0.2, 0.25) is 0 Å². The van der Waals surface area contributed by atoms with Crippen LogP contribution in [0.4, 0.5) is 5.69 Å². The Morgan fingerprint density at radius 3 is 3.00 bits per heavy atom. The number of likely N-dealkylation sites (tertiary alicyclic amines) is 1. The molecule has 1 atom stereocenters. The first-order valence-electron chi connectivity index (χ1n) is 6.86. The normalized spacial score (nSPS) is 19.1. The maximum Gasteiger partial charge on any atom is 0.186 e. The van der Waals surface area contributed by atoms with E-state index < -0.39 is 0 Å². The molecule has 1 aromatic carbocycles. The number of aromatic nitrogens is 2. The van der Waals surface area contributed by atoms with Crippen molar-refractivity contribution in [3.63, 3.8) is 0 Å². The van der Waals surface area contributed by atoms with E-state index in [1.54, 1.807) is 0 Å². The third kappa shape index (κ3) is 2.43. The molecule has 0 amide bonds.